The van der Waals surface area contributed by atoms with Crippen LogP contribution in [0.5, 0.6) is 0 Å². The Hall–Kier alpha value is -0.910. The van der Waals surface area contributed by atoms with Gasteiger partial charge < -0.3 is 4.90 Å². The predicted octanol–water partition coefficient (Wildman–Crippen LogP) is 0.802. The smallest absolute Gasteiger partial charge is 0.318 e. The van der Waals surface area contributed by atoms with Crippen LogP contribution in [0.15, 0.2) is 0 Å². The third-order valence-corrected chi connectivity index (χ3v) is 2.07. The van der Waals surface area contributed by atoms with E-state index in [2.05, 4.69) is 0 Å². The molecule has 4 nitrogen and oxygen atoms in total. The number of nitrogens with zero attached hydrogens (tertiary/aromatic N) is 1. The average Bonchev–Trinajstić information content (AvgIpc) is 2.46. The summed E-state index contributed by atoms with van der Waals surface area (Å²) >= 11 is 5.13. The molecule has 1 heterocycles. The fourth-order valence-corrected chi connectivity index (χ4v) is 1.21. The number of carbonyl (C=O) groups excluding carboxylic acids is 2. The molecule has 0 spiro atoms. The Morgan fingerprint density at radius 1 is 1.50 bits per heavy atom. The molecule has 0 aliphatic carbocycles. The Labute approximate surface area is 84.2 Å². The third kappa shape index (κ3) is 2.80. The molecule has 3 amide bonds. The number of rotatable bonds is 1. The fourth-order valence-electron chi connectivity index (χ4n) is 1.14. The molecule has 0 bridgehead atoms. The van der Waals surface area contributed by atoms with E-state index in [9.17, 15) is 18.4 Å². The van der Waals surface area contributed by atoms with Crippen molar-refractivity contribution in [1.82, 2.24) is 10.2 Å². The van der Waals surface area contributed by atoms with E-state index in [4.69, 9.17) is 11.6 Å². The molecule has 14 heavy (non-hydrogen) atoms. The van der Waals surface area contributed by atoms with Crippen molar-refractivity contribution in [2.45, 2.75) is 12.3 Å². The highest BCUT2D eigenvalue weighted by atomic mass is 35.5. The first-order valence-electron chi connectivity index (χ1n) is 3.97. The molecule has 1 aliphatic heterocycles. The van der Waals surface area contributed by atoms with Gasteiger partial charge in [0.15, 0.2) is 0 Å². The highest BCUT2D eigenvalue weighted by Crippen LogP contribution is 2.26. The Balaban J connectivity index is 2.44. The van der Waals surface area contributed by atoms with Gasteiger partial charge in [0.2, 0.25) is 5.91 Å². The summed E-state index contributed by atoms with van der Waals surface area (Å²) in [4.78, 5) is 22.7. The maximum absolute atomic E-state index is 12.6. The average molecular weight is 227 g/mol. The number of urea groups is 1. The summed E-state index contributed by atoms with van der Waals surface area (Å²) in [7, 11) is 0. The van der Waals surface area contributed by atoms with Crippen LogP contribution in [-0.4, -0.2) is 41.7 Å². The van der Waals surface area contributed by atoms with Crippen molar-refractivity contribution in [3.05, 3.63) is 0 Å². The summed E-state index contributed by atoms with van der Waals surface area (Å²) in [6.07, 6.45) is -0.366. The highest BCUT2D eigenvalue weighted by molar-refractivity contribution is 6.28. The molecule has 1 aliphatic rings. The minimum Gasteiger partial charge on any atom is -0.318 e. The van der Waals surface area contributed by atoms with Crippen molar-refractivity contribution in [3.63, 3.8) is 0 Å². The standard InChI is InChI=1S/C7H9ClF2N2O2/c8-3-5(13)11-6(14)12-2-1-7(9,10)4-12/h1-4H2,(H,11,13,14). The van der Waals surface area contributed by atoms with Crippen LogP contribution in [0.3, 0.4) is 0 Å². The van der Waals surface area contributed by atoms with E-state index in [1.807, 2.05) is 5.32 Å². The summed E-state index contributed by atoms with van der Waals surface area (Å²) in [6, 6.07) is -0.812. The van der Waals surface area contributed by atoms with Gasteiger partial charge in [-0.25, -0.2) is 13.6 Å². The molecule has 0 aromatic carbocycles. The molecule has 0 aromatic rings. The van der Waals surface area contributed by atoms with Gasteiger partial charge in [0.25, 0.3) is 5.92 Å². The van der Waals surface area contributed by atoms with Crippen molar-refractivity contribution < 1.29 is 18.4 Å². The lowest BCUT2D eigenvalue weighted by Crippen LogP contribution is -2.43. The predicted molar refractivity (Wildman–Crippen MR) is 45.4 cm³/mol. The maximum atomic E-state index is 12.6. The van der Waals surface area contributed by atoms with E-state index in [1.54, 1.807) is 0 Å². The van der Waals surface area contributed by atoms with Gasteiger partial charge in [0.05, 0.1) is 6.54 Å². The molecule has 0 saturated carbocycles. The second-order valence-electron chi connectivity index (χ2n) is 3.01. The number of imide groups is 1. The number of nitrogens with one attached hydrogen (secondary N) is 1. The van der Waals surface area contributed by atoms with Crippen molar-refractivity contribution in [2.75, 3.05) is 19.0 Å². The number of hydrogen-bond acceptors (Lipinski definition) is 2. The molecule has 1 fully saturated rings. The topological polar surface area (TPSA) is 49.4 Å². The quantitative estimate of drug-likeness (QED) is 0.673. The second kappa shape index (κ2) is 4.08. The number of halogens is 3. The molecule has 0 atom stereocenters. The van der Waals surface area contributed by atoms with Gasteiger partial charge >= 0.3 is 6.03 Å². The second-order valence-corrected chi connectivity index (χ2v) is 3.28. The summed E-state index contributed by atoms with van der Waals surface area (Å²) < 4.78 is 25.3. The fraction of sp³-hybridized carbons (Fsp3) is 0.714. The van der Waals surface area contributed by atoms with Gasteiger partial charge in [0.1, 0.15) is 5.88 Å². The van der Waals surface area contributed by atoms with Crippen LogP contribution in [0.25, 0.3) is 0 Å². The number of alkyl halides is 3. The van der Waals surface area contributed by atoms with Gasteiger partial charge in [-0.2, -0.15) is 0 Å². The van der Waals surface area contributed by atoms with Crippen molar-refractivity contribution >= 4 is 23.5 Å². The van der Waals surface area contributed by atoms with Crippen molar-refractivity contribution in [3.8, 4) is 0 Å². The minimum atomic E-state index is -2.85. The monoisotopic (exact) mass is 226 g/mol. The van der Waals surface area contributed by atoms with Crippen molar-refractivity contribution in [2.24, 2.45) is 0 Å². The zero-order chi connectivity index (χ0) is 10.8. The molecule has 0 radical (unpaired) electrons. The van der Waals surface area contributed by atoms with E-state index < -0.39 is 24.4 Å². The Morgan fingerprint density at radius 2 is 2.14 bits per heavy atom. The molecular formula is C7H9ClF2N2O2. The third-order valence-electron chi connectivity index (χ3n) is 1.82. The molecule has 0 unspecified atom stereocenters. The first-order valence-corrected chi connectivity index (χ1v) is 4.50. The maximum Gasteiger partial charge on any atom is 0.324 e. The molecule has 1 rings (SSSR count). The number of carbonyl (C=O) groups is 2. The first kappa shape index (κ1) is 11.2. The zero-order valence-corrected chi connectivity index (χ0v) is 7.98. The van der Waals surface area contributed by atoms with Crippen LogP contribution >= 0.6 is 11.6 Å². The summed E-state index contributed by atoms with van der Waals surface area (Å²) in [5.41, 5.74) is 0. The minimum absolute atomic E-state index is 0.0472. The molecule has 80 valence electrons. The molecular weight excluding hydrogens is 218 g/mol. The largest absolute Gasteiger partial charge is 0.324 e. The number of hydrogen-bond donors (Lipinski definition) is 1. The van der Waals surface area contributed by atoms with Gasteiger partial charge in [-0.3, -0.25) is 10.1 Å². The normalized spacial score (nSPS) is 19.5. The van der Waals surface area contributed by atoms with Crippen LogP contribution in [0.4, 0.5) is 13.6 Å². The van der Waals surface area contributed by atoms with E-state index in [-0.39, 0.29) is 18.8 Å². The van der Waals surface area contributed by atoms with E-state index in [1.165, 1.54) is 0 Å². The lowest BCUT2D eigenvalue weighted by Gasteiger charge is -2.15. The lowest BCUT2D eigenvalue weighted by atomic mass is 10.3. The SMILES string of the molecule is O=C(CCl)NC(=O)N1CCC(F)(F)C1. The summed E-state index contributed by atoms with van der Waals surface area (Å²) in [5, 5.41) is 1.89. The Bertz CT molecular complexity index is 260. The molecule has 1 saturated heterocycles. The van der Waals surface area contributed by atoms with Crippen LogP contribution in [0, 0.1) is 0 Å². The van der Waals surface area contributed by atoms with E-state index >= 15 is 0 Å². The van der Waals surface area contributed by atoms with Gasteiger partial charge in [-0.15, -0.1) is 11.6 Å². The highest BCUT2D eigenvalue weighted by Gasteiger charge is 2.40. The molecule has 1 N–H and O–H groups in total. The van der Waals surface area contributed by atoms with Gasteiger partial charge in [-0.1, -0.05) is 0 Å². The van der Waals surface area contributed by atoms with E-state index in [0.29, 0.717) is 0 Å². The van der Waals surface area contributed by atoms with Crippen LogP contribution in [0.2, 0.25) is 0 Å². The zero-order valence-electron chi connectivity index (χ0n) is 7.23. The van der Waals surface area contributed by atoms with Crippen LogP contribution < -0.4 is 5.32 Å². The van der Waals surface area contributed by atoms with Crippen LogP contribution in [0.1, 0.15) is 6.42 Å². The van der Waals surface area contributed by atoms with Crippen LogP contribution in [-0.2, 0) is 4.79 Å². The number of likely N-dealkylation sites (tertiary alicyclic amines) is 1. The summed E-state index contributed by atoms with van der Waals surface area (Å²) in [5.74, 6) is -3.90. The Kier molecular flexibility index (Phi) is 3.25. The number of amides is 3. The molecule has 0 aromatic heterocycles. The molecule has 7 heteroatoms. The lowest BCUT2D eigenvalue weighted by molar-refractivity contribution is -0.117. The summed E-state index contributed by atoms with van der Waals surface area (Å²) in [6.45, 7) is -0.692. The van der Waals surface area contributed by atoms with Gasteiger partial charge in [-0.05, 0) is 0 Å². The van der Waals surface area contributed by atoms with Crippen molar-refractivity contribution in [1.29, 1.82) is 0 Å². The Morgan fingerprint density at radius 3 is 2.57 bits per heavy atom. The van der Waals surface area contributed by atoms with Gasteiger partial charge in [0, 0.05) is 13.0 Å². The van der Waals surface area contributed by atoms with E-state index in [0.717, 1.165) is 4.90 Å². The first-order chi connectivity index (χ1) is 6.44.